The standard InChI is InChI=1S/C21H28O10/c1-21(10-15(22)23,11-16(24)25)30-12-14-17(26)18(27)19(28)20(31-14)29-9-5-8-13-6-3-2-4-7-13/h2-8,14,17-20,26-28H,9-12H2,1H3,(H,22,23)(H,24,25)/b8-5+/t14-,17-,18+,19-,20-/m1/s1. The molecule has 1 heterocycles. The third kappa shape index (κ3) is 7.69. The third-order valence-electron chi connectivity index (χ3n) is 4.78. The van der Waals surface area contributed by atoms with Crippen LogP contribution in [-0.2, 0) is 23.8 Å². The largest absolute Gasteiger partial charge is 0.481 e. The molecule has 2 rings (SSSR count). The zero-order valence-corrected chi connectivity index (χ0v) is 17.0. The van der Waals surface area contributed by atoms with Crippen molar-refractivity contribution in [3.63, 3.8) is 0 Å². The summed E-state index contributed by atoms with van der Waals surface area (Å²) in [6.45, 7) is 0.947. The number of hydrogen-bond donors (Lipinski definition) is 5. The maximum absolute atomic E-state index is 11.1. The van der Waals surface area contributed by atoms with Crippen LogP contribution in [0.25, 0.3) is 6.08 Å². The fourth-order valence-electron chi connectivity index (χ4n) is 3.18. The van der Waals surface area contributed by atoms with Gasteiger partial charge in [-0.2, -0.15) is 0 Å². The zero-order valence-electron chi connectivity index (χ0n) is 17.0. The SMILES string of the molecule is CC(CC(=O)O)(CC(=O)O)OC[C@H]1O[C@@H](OC/C=C/c2ccccc2)[C@H](O)[C@@H](O)[C@@H]1O. The lowest BCUT2D eigenvalue weighted by Gasteiger charge is -2.41. The first kappa shape index (κ1) is 24.9. The van der Waals surface area contributed by atoms with E-state index in [0.717, 1.165) is 5.56 Å². The van der Waals surface area contributed by atoms with Crippen LogP contribution in [0.2, 0.25) is 0 Å². The molecule has 10 nitrogen and oxygen atoms in total. The van der Waals surface area contributed by atoms with Crippen LogP contribution in [-0.4, -0.2) is 87.0 Å². The molecule has 172 valence electrons. The van der Waals surface area contributed by atoms with Gasteiger partial charge in [0.2, 0.25) is 0 Å². The monoisotopic (exact) mass is 440 g/mol. The molecule has 10 heteroatoms. The van der Waals surface area contributed by atoms with E-state index in [0.29, 0.717) is 0 Å². The lowest BCUT2D eigenvalue weighted by atomic mass is 9.96. The summed E-state index contributed by atoms with van der Waals surface area (Å²) in [5, 5.41) is 48.5. The number of aliphatic carboxylic acids is 2. The number of carboxylic acid groups (broad SMARTS) is 2. The van der Waals surface area contributed by atoms with Crippen LogP contribution in [0.3, 0.4) is 0 Å². The second-order valence-electron chi connectivity index (χ2n) is 7.56. The van der Waals surface area contributed by atoms with Gasteiger partial charge in [0.1, 0.15) is 24.4 Å². The molecule has 1 fully saturated rings. The number of hydrogen-bond acceptors (Lipinski definition) is 8. The van der Waals surface area contributed by atoms with Gasteiger partial charge in [-0.05, 0) is 12.5 Å². The fraction of sp³-hybridized carbons (Fsp3) is 0.524. The summed E-state index contributed by atoms with van der Waals surface area (Å²) in [4.78, 5) is 22.1. The Hall–Kier alpha value is -2.34. The van der Waals surface area contributed by atoms with Crippen molar-refractivity contribution in [1.29, 1.82) is 0 Å². The van der Waals surface area contributed by atoms with Crippen LogP contribution in [0.1, 0.15) is 25.3 Å². The first-order valence-corrected chi connectivity index (χ1v) is 9.72. The molecule has 0 amide bonds. The summed E-state index contributed by atoms with van der Waals surface area (Å²) in [5.41, 5.74) is -0.620. The molecule has 0 aliphatic carbocycles. The van der Waals surface area contributed by atoms with E-state index in [1.54, 1.807) is 12.2 Å². The predicted octanol–water partition coefficient (Wildman–Crippen LogP) is 0.249. The number of carbonyl (C=O) groups is 2. The maximum atomic E-state index is 11.1. The number of carboxylic acids is 2. The minimum atomic E-state index is -1.60. The molecule has 0 unspecified atom stereocenters. The zero-order chi connectivity index (χ0) is 23.0. The summed E-state index contributed by atoms with van der Waals surface area (Å²) in [6.07, 6.45) is -4.82. The van der Waals surface area contributed by atoms with E-state index in [-0.39, 0.29) is 6.61 Å². The highest BCUT2D eigenvalue weighted by Crippen LogP contribution is 2.26. The van der Waals surface area contributed by atoms with Crippen molar-refractivity contribution in [2.45, 2.75) is 56.1 Å². The van der Waals surface area contributed by atoms with Crippen molar-refractivity contribution >= 4 is 18.0 Å². The van der Waals surface area contributed by atoms with E-state index in [4.69, 9.17) is 24.4 Å². The summed E-state index contributed by atoms with van der Waals surface area (Å²) in [7, 11) is 0. The van der Waals surface area contributed by atoms with Crippen molar-refractivity contribution in [2.24, 2.45) is 0 Å². The van der Waals surface area contributed by atoms with Crippen molar-refractivity contribution in [1.82, 2.24) is 0 Å². The van der Waals surface area contributed by atoms with E-state index >= 15 is 0 Å². The van der Waals surface area contributed by atoms with E-state index in [2.05, 4.69) is 0 Å². The molecule has 1 aromatic carbocycles. The molecule has 0 saturated carbocycles. The van der Waals surface area contributed by atoms with Crippen LogP contribution in [0, 0.1) is 0 Å². The van der Waals surface area contributed by atoms with Gasteiger partial charge in [-0.3, -0.25) is 9.59 Å². The van der Waals surface area contributed by atoms with Gasteiger partial charge in [0.25, 0.3) is 0 Å². The number of ether oxygens (including phenoxy) is 3. The van der Waals surface area contributed by atoms with Gasteiger partial charge in [0, 0.05) is 0 Å². The average molecular weight is 440 g/mol. The van der Waals surface area contributed by atoms with E-state index < -0.39 is 67.7 Å². The quantitative estimate of drug-likeness (QED) is 0.322. The van der Waals surface area contributed by atoms with Crippen molar-refractivity contribution in [3.8, 4) is 0 Å². The van der Waals surface area contributed by atoms with E-state index in [9.17, 15) is 24.9 Å². The Bertz CT molecular complexity index is 734. The molecular formula is C21H28O10. The Morgan fingerprint density at radius 1 is 1.03 bits per heavy atom. The Morgan fingerprint density at radius 3 is 2.23 bits per heavy atom. The molecule has 0 radical (unpaired) electrons. The van der Waals surface area contributed by atoms with Gasteiger partial charge in [-0.25, -0.2) is 0 Å². The topological polar surface area (TPSA) is 163 Å². The molecule has 5 N–H and O–H groups in total. The Labute approximate surface area is 179 Å². The molecule has 5 atom stereocenters. The molecule has 0 bridgehead atoms. The van der Waals surface area contributed by atoms with Gasteiger partial charge in [-0.15, -0.1) is 0 Å². The third-order valence-corrected chi connectivity index (χ3v) is 4.78. The van der Waals surface area contributed by atoms with Gasteiger partial charge in [0.05, 0.1) is 31.7 Å². The summed E-state index contributed by atoms with van der Waals surface area (Å²) in [5.74, 6) is -2.51. The average Bonchev–Trinajstić information content (AvgIpc) is 2.69. The number of benzene rings is 1. The first-order chi connectivity index (χ1) is 14.6. The van der Waals surface area contributed by atoms with E-state index in [1.807, 2.05) is 30.3 Å². The molecule has 1 saturated heterocycles. The van der Waals surface area contributed by atoms with Crippen LogP contribution in [0.4, 0.5) is 0 Å². The number of aliphatic hydroxyl groups is 3. The normalized spacial score (nSPS) is 26.8. The molecule has 31 heavy (non-hydrogen) atoms. The second-order valence-corrected chi connectivity index (χ2v) is 7.56. The van der Waals surface area contributed by atoms with Crippen LogP contribution < -0.4 is 0 Å². The number of aliphatic hydroxyl groups excluding tert-OH is 3. The highest BCUT2D eigenvalue weighted by molar-refractivity contribution is 5.72. The van der Waals surface area contributed by atoms with Crippen LogP contribution in [0.5, 0.6) is 0 Å². The highest BCUT2D eigenvalue weighted by Gasteiger charge is 2.45. The molecule has 0 aromatic heterocycles. The van der Waals surface area contributed by atoms with Gasteiger partial charge in [0.15, 0.2) is 6.29 Å². The molecule has 1 aliphatic rings. The van der Waals surface area contributed by atoms with Gasteiger partial charge >= 0.3 is 11.9 Å². The fourth-order valence-corrected chi connectivity index (χ4v) is 3.18. The Morgan fingerprint density at radius 2 is 1.65 bits per heavy atom. The predicted molar refractivity (Wildman–Crippen MR) is 107 cm³/mol. The van der Waals surface area contributed by atoms with Crippen LogP contribution >= 0.6 is 0 Å². The highest BCUT2D eigenvalue weighted by atomic mass is 16.7. The minimum absolute atomic E-state index is 0.0444. The summed E-state index contributed by atoms with van der Waals surface area (Å²) >= 11 is 0. The van der Waals surface area contributed by atoms with Gasteiger partial charge < -0.3 is 39.7 Å². The molecule has 0 spiro atoms. The lowest BCUT2D eigenvalue weighted by molar-refractivity contribution is -0.304. The lowest BCUT2D eigenvalue weighted by Crippen LogP contribution is -2.59. The van der Waals surface area contributed by atoms with Gasteiger partial charge in [-0.1, -0.05) is 42.5 Å². The molecular weight excluding hydrogens is 412 g/mol. The molecule has 1 aromatic rings. The summed E-state index contributed by atoms with van der Waals surface area (Å²) in [6, 6.07) is 9.41. The number of rotatable bonds is 11. The maximum Gasteiger partial charge on any atom is 0.306 e. The molecule has 1 aliphatic heterocycles. The Balaban J connectivity index is 1.97. The first-order valence-electron chi connectivity index (χ1n) is 9.72. The Kier molecular flexibility index (Phi) is 9.11. The van der Waals surface area contributed by atoms with Crippen molar-refractivity contribution in [3.05, 3.63) is 42.0 Å². The van der Waals surface area contributed by atoms with Crippen molar-refractivity contribution < 1.29 is 49.3 Å². The minimum Gasteiger partial charge on any atom is -0.481 e. The van der Waals surface area contributed by atoms with E-state index in [1.165, 1.54) is 6.92 Å². The second kappa shape index (κ2) is 11.3. The smallest absolute Gasteiger partial charge is 0.306 e. The summed E-state index contributed by atoms with van der Waals surface area (Å²) < 4.78 is 16.4. The van der Waals surface area contributed by atoms with Crippen LogP contribution in [0.15, 0.2) is 36.4 Å². The van der Waals surface area contributed by atoms with Crippen molar-refractivity contribution in [2.75, 3.05) is 13.2 Å².